The Bertz CT molecular complexity index is 504. The fourth-order valence-electron chi connectivity index (χ4n) is 1.92. The Morgan fingerprint density at radius 3 is 2.90 bits per heavy atom. The quantitative estimate of drug-likeness (QED) is 0.367. The first kappa shape index (κ1) is 17.6. The number of amides is 1. The van der Waals surface area contributed by atoms with Gasteiger partial charge in [0.2, 0.25) is 5.91 Å². The standard InChI is InChI=1S/C14H24N4O2S/c1-3-4-5-6-7-10(2)16-13(20)9-21-14-17-11(15)8-12(19)18-14/h8,10H,3-7,9H2,1-2H3,(H,16,20)(H3,15,17,18,19). The summed E-state index contributed by atoms with van der Waals surface area (Å²) in [5, 5.41) is 3.31. The minimum absolute atomic E-state index is 0.0620. The number of anilines is 1. The molecule has 1 amide bonds. The molecule has 0 fully saturated rings. The van der Waals surface area contributed by atoms with Gasteiger partial charge in [-0.3, -0.25) is 9.59 Å². The maximum atomic E-state index is 11.8. The van der Waals surface area contributed by atoms with Crippen molar-refractivity contribution in [3.63, 3.8) is 0 Å². The highest BCUT2D eigenvalue weighted by atomic mass is 32.2. The van der Waals surface area contributed by atoms with Gasteiger partial charge in [0, 0.05) is 12.1 Å². The van der Waals surface area contributed by atoms with Crippen molar-refractivity contribution in [1.82, 2.24) is 15.3 Å². The molecule has 1 aromatic rings. The van der Waals surface area contributed by atoms with Crippen LogP contribution in [0.2, 0.25) is 0 Å². The van der Waals surface area contributed by atoms with Crippen LogP contribution in [0.25, 0.3) is 0 Å². The average Bonchev–Trinajstić information content (AvgIpc) is 2.40. The highest BCUT2D eigenvalue weighted by Gasteiger charge is 2.09. The van der Waals surface area contributed by atoms with Crippen molar-refractivity contribution >= 4 is 23.5 Å². The molecular weight excluding hydrogens is 288 g/mol. The molecule has 1 atom stereocenters. The number of rotatable bonds is 9. The number of carbonyl (C=O) groups is 1. The Morgan fingerprint density at radius 1 is 1.48 bits per heavy atom. The lowest BCUT2D eigenvalue weighted by Crippen LogP contribution is -2.33. The molecule has 7 heteroatoms. The number of H-pyrrole nitrogens is 1. The third-order valence-corrected chi connectivity index (χ3v) is 3.85. The van der Waals surface area contributed by atoms with Gasteiger partial charge in [-0.15, -0.1) is 0 Å². The number of carbonyl (C=O) groups excluding carboxylic acids is 1. The molecule has 4 N–H and O–H groups in total. The maximum absolute atomic E-state index is 11.8. The summed E-state index contributed by atoms with van der Waals surface area (Å²) >= 11 is 1.17. The molecule has 0 aliphatic carbocycles. The van der Waals surface area contributed by atoms with E-state index in [0.29, 0.717) is 5.16 Å². The zero-order valence-corrected chi connectivity index (χ0v) is 13.5. The predicted molar refractivity (Wildman–Crippen MR) is 86.4 cm³/mol. The molecule has 0 aliphatic rings. The monoisotopic (exact) mass is 312 g/mol. The lowest BCUT2D eigenvalue weighted by atomic mass is 10.1. The predicted octanol–water partition coefficient (Wildman–Crippen LogP) is 1.92. The van der Waals surface area contributed by atoms with E-state index in [1.54, 1.807) is 0 Å². The van der Waals surface area contributed by atoms with Crippen LogP contribution in [0.3, 0.4) is 0 Å². The highest BCUT2D eigenvalue weighted by Crippen LogP contribution is 2.11. The van der Waals surface area contributed by atoms with E-state index < -0.39 is 0 Å². The number of aromatic nitrogens is 2. The van der Waals surface area contributed by atoms with E-state index in [2.05, 4.69) is 22.2 Å². The van der Waals surface area contributed by atoms with Gasteiger partial charge < -0.3 is 16.0 Å². The smallest absolute Gasteiger partial charge is 0.253 e. The van der Waals surface area contributed by atoms with Crippen molar-refractivity contribution in [2.24, 2.45) is 0 Å². The van der Waals surface area contributed by atoms with Crippen molar-refractivity contribution in [2.45, 2.75) is 57.1 Å². The highest BCUT2D eigenvalue weighted by molar-refractivity contribution is 7.99. The van der Waals surface area contributed by atoms with Crippen LogP contribution in [-0.4, -0.2) is 27.7 Å². The van der Waals surface area contributed by atoms with Crippen LogP contribution in [-0.2, 0) is 4.79 Å². The molecule has 0 spiro atoms. The van der Waals surface area contributed by atoms with Crippen LogP contribution >= 0.6 is 11.8 Å². The second-order valence-electron chi connectivity index (χ2n) is 5.08. The fraction of sp³-hybridized carbons (Fsp3) is 0.643. The molecule has 0 aromatic carbocycles. The third-order valence-electron chi connectivity index (χ3n) is 2.98. The third kappa shape index (κ3) is 7.75. The lowest BCUT2D eigenvalue weighted by molar-refractivity contribution is -0.119. The average molecular weight is 312 g/mol. The summed E-state index contributed by atoms with van der Waals surface area (Å²) in [5.41, 5.74) is 5.17. The molecule has 1 aromatic heterocycles. The van der Waals surface area contributed by atoms with Gasteiger partial charge in [0.05, 0.1) is 5.75 Å². The number of hydrogen-bond donors (Lipinski definition) is 3. The molecule has 0 aliphatic heterocycles. The van der Waals surface area contributed by atoms with Gasteiger partial charge in [0.15, 0.2) is 5.16 Å². The van der Waals surface area contributed by atoms with E-state index >= 15 is 0 Å². The second kappa shape index (κ2) is 9.44. The number of nitrogen functional groups attached to an aromatic ring is 1. The van der Waals surface area contributed by atoms with Crippen LogP contribution in [0.15, 0.2) is 16.0 Å². The first-order valence-electron chi connectivity index (χ1n) is 7.30. The Balaban J connectivity index is 2.28. The number of nitrogens with two attached hydrogens (primary N) is 1. The number of nitrogens with one attached hydrogen (secondary N) is 2. The van der Waals surface area contributed by atoms with Crippen molar-refractivity contribution < 1.29 is 4.79 Å². The number of thioether (sulfide) groups is 1. The van der Waals surface area contributed by atoms with Gasteiger partial charge in [-0.25, -0.2) is 4.98 Å². The van der Waals surface area contributed by atoms with E-state index in [9.17, 15) is 9.59 Å². The van der Waals surface area contributed by atoms with Gasteiger partial charge in [-0.2, -0.15) is 0 Å². The molecule has 21 heavy (non-hydrogen) atoms. The van der Waals surface area contributed by atoms with Gasteiger partial charge in [-0.1, -0.05) is 44.4 Å². The van der Waals surface area contributed by atoms with Crippen LogP contribution < -0.4 is 16.6 Å². The van der Waals surface area contributed by atoms with E-state index in [0.717, 1.165) is 12.8 Å². The molecule has 0 bridgehead atoms. The molecule has 0 radical (unpaired) electrons. The van der Waals surface area contributed by atoms with E-state index in [4.69, 9.17) is 5.73 Å². The largest absolute Gasteiger partial charge is 0.383 e. The van der Waals surface area contributed by atoms with Crippen molar-refractivity contribution in [3.8, 4) is 0 Å². The van der Waals surface area contributed by atoms with Crippen molar-refractivity contribution in [3.05, 3.63) is 16.4 Å². The molecule has 118 valence electrons. The van der Waals surface area contributed by atoms with Crippen LogP contribution in [0.4, 0.5) is 5.82 Å². The molecule has 0 saturated carbocycles. The van der Waals surface area contributed by atoms with Gasteiger partial charge in [0.1, 0.15) is 5.82 Å². The SMILES string of the molecule is CCCCCCC(C)NC(=O)CSc1nc(N)cc(=O)[nH]1. The summed E-state index contributed by atoms with van der Waals surface area (Å²) < 4.78 is 0. The summed E-state index contributed by atoms with van der Waals surface area (Å²) in [6, 6.07) is 1.38. The number of aromatic amines is 1. The molecular formula is C14H24N4O2S. The van der Waals surface area contributed by atoms with Gasteiger partial charge >= 0.3 is 0 Å². The van der Waals surface area contributed by atoms with Crippen molar-refractivity contribution in [1.29, 1.82) is 0 Å². The molecule has 6 nitrogen and oxygen atoms in total. The van der Waals surface area contributed by atoms with Gasteiger partial charge in [0.25, 0.3) is 5.56 Å². The van der Waals surface area contributed by atoms with Gasteiger partial charge in [-0.05, 0) is 13.3 Å². The topological polar surface area (TPSA) is 101 Å². The summed E-state index contributed by atoms with van der Waals surface area (Å²) in [4.78, 5) is 29.5. The number of hydrogen-bond acceptors (Lipinski definition) is 5. The Morgan fingerprint density at radius 2 is 2.24 bits per heavy atom. The fourth-order valence-corrected chi connectivity index (χ4v) is 2.62. The lowest BCUT2D eigenvalue weighted by Gasteiger charge is -2.13. The molecule has 1 heterocycles. The van der Waals surface area contributed by atoms with Crippen LogP contribution in [0.5, 0.6) is 0 Å². The second-order valence-corrected chi connectivity index (χ2v) is 6.05. The van der Waals surface area contributed by atoms with Crippen molar-refractivity contribution in [2.75, 3.05) is 11.5 Å². The summed E-state index contributed by atoms with van der Waals surface area (Å²) in [6.45, 7) is 4.19. The zero-order valence-electron chi connectivity index (χ0n) is 12.6. The molecule has 1 rings (SSSR count). The molecule has 1 unspecified atom stereocenters. The normalized spacial score (nSPS) is 12.1. The van der Waals surface area contributed by atoms with Crippen LogP contribution in [0, 0.1) is 0 Å². The summed E-state index contributed by atoms with van der Waals surface area (Å²) in [5.74, 6) is 0.310. The zero-order chi connectivity index (χ0) is 15.7. The number of nitrogens with zero attached hydrogens (tertiary/aromatic N) is 1. The van der Waals surface area contributed by atoms with E-state index in [1.165, 1.54) is 37.1 Å². The summed E-state index contributed by atoms with van der Waals surface area (Å²) in [6.07, 6.45) is 5.78. The number of unbranched alkanes of at least 4 members (excludes halogenated alkanes) is 3. The Labute approximate surface area is 129 Å². The summed E-state index contributed by atoms with van der Waals surface area (Å²) in [7, 11) is 0. The molecule has 0 saturated heterocycles. The minimum Gasteiger partial charge on any atom is -0.383 e. The Kier molecular flexibility index (Phi) is 7.89. The minimum atomic E-state index is -0.310. The van der Waals surface area contributed by atoms with E-state index in [-0.39, 0.29) is 29.1 Å². The maximum Gasteiger partial charge on any atom is 0.253 e. The first-order chi connectivity index (χ1) is 10.0. The first-order valence-corrected chi connectivity index (χ1v) is 8.28. The Hall–Kier alpha value is -1.50. The van der Waals surface area contributed by atoms with Crippen LogP contribution in [0.1, 0.15) is 46.0 Å². The van der Waals surface area contributed by atoms with E-state index in [1.807, 2.05) is 6.92 Å².